The Morgan fingerprint density at radius 1 is 1.29 bits per heavy atom. The molecule has 6 heteroatoms. The van der Waals surface area contributed by atoms with E-state index in [4.69, 9.17) is 4.74 Å². The number of β-lactam (4-membered cyclic amide) rings is 1. The zero-order valence-electron chi connectivity index (χ0n) is 14.3. The number of benzene rings is 1. The van der Waals surface area contributed by atoms with E-state index >= 15 is 0 Å². The van der Waals surface area contributed by atoms with Crippen LogP contribution >= 0.6 is 0 Å². The molecule has 1 aliphatic rings. The monoisotopic (exact) mass is 333 g/mol. The summed E-state index contributed by atoms with van der Waals surface area (Å²) in [5.74, 6) is -1.50. The molecule has 24 heavy (non-hydrogen) atoms. The molecule has 3 atom stereocenters. The number of amides is 1. The molecule has 0 saturated carbocycles. The van der Waals surface area contributed by atoms with Crippen molar-refractivity contribution in [1.29, 1.82) is 0 Å². The fraction of sp³-hybridized carbons (Fsp3) is 0.500. The van der Waals surface area contributed by atoms with Crippen molar-refractivity contribution < 1.29 is 24.2 Å². The van der Waals surface area contributed by atoms with E-state index in [-0.39, 0.29) is 24.2 Å². The molecule has 1 aliphatic heterocycles. The Morgan fingerprint density at radius 2 is 1.92 bits per heavy atom. The molecule has 2 rings (SSSR count). The normalized spacial score (nSPS) is 21.5. The Labute approximate surface area is 141 Å². The van der Waals surface area contributed by atoms with Crippen LogP contribution in [0.15, 0.2) is 24.3 Å². The second-order valence-corrected chi connectivity index (χ2v) is 7.09. The first-order chi connectivity index (χ1) is 11.1. The Kier molecular flexibility index (Phi) is 5.08. The Morgan fingerprint density at radius 3 is 2.46 bits per heavy atom. The molecule has 0 bridgehead atoms. The summed E-state index contributed by atoms with van der Waals surface area (Å²) in [6, 6.07) is 5.95. The van der Waals surface area contributed by atoms with E-state index in [2.05, 4.69) is 5.32 Å². The third kappa shape index (κ3) is 4.20. The van der Waals surface area contributed by atoms with Gasteiger partial charge in [0.15, 0.2) is 5.78 Å². The first kappa shape index (κ1) is 18.1. The largest absolute Gasteiger partial charge is 0.456 e. The van der Waals surface area contributed by atoms with E-state index in [0.29, 0.717) is 11.1 Å². The molecule has 3 unspecified atom stereocenters. The first-order valence-electron chi connectivity index (χ1n) is 7.93. The van der Waals surface area contributed by atoms with Crippen molar-refractivity contribution in [2.45, 2.75) is 51.9 Å². The topological polar surface area (TPSA) is 92.7 Å². The standard InChI is InChI=1S/C18H23NO5/c1-10(20)15-13(19-16(15)22)9-14(21)11-6-5-7-12(8-11)17(23)24-18(2,3)4/h5-8,10,13,15,20H,9H2,1-4H3,(H,19,22). The molecule has 0 aliphatic carbocycles. The highest BCUT2D eigenvalue weighted by Gasteiger charge is 2.43. The van der Waals surface area contributed by atoms with Gasteiger partial charge in [-0.15, -0.1) is 0 Å². The predicted molar refractivity (Wildman–Crippen MR) is 87.7 cm³/mol. The lowest BCUT2D eigenvalue weighted by atomic mass is 9.82. The molecule has 1 amide bonds. The number of nitrogens with one attached hydrogen (secondary N) is 1. The molecular formula is C18H23NO5. The molecule has 1 fully saturated rings. The van der Waals surface area contributed by atoms with Crippen LogP contribution in [0.25, 0.3) is 0 Å². The number of hydrogen-bond acceptors (Lipinski definition) is 5. The lowest BCUT2D eigenvalue weighted by Gasteiger charge is -2.38. The predicted octanol–water partition coefficient (Wildman–Crippen LogP) is 1.71. The highest BCUT2D eigenvalue weighted by Crippen LogP contribution is 2.24. The summed E-state index contributed by atoms with van der Waals surface area (Å²) in [4.78, 5) is 35.9. The molecule has 2 N–H and O–H groups in total. The molecule has 130 valence electrons. The lowest BCUT2D eigenvalue weighted by Crippen LogP contribution is -2.62. The number of ether oxygens (including phenoxy) is 1. The van der Waals surface area contributed by atoms with Gasteiger partial charge in [0.25, 0.3) is 0 Å². The second-order valence-electron chi connectivity index (χ2n) is 7.09. The smallest absolute Gasteiger partial charge is 0.338 e. The average molecular weight is 333 g/mol. The molecular weight excluding hydrogens is 310 g/mol. The van der Waals surface area contributed by atoms with Crippen molar-refractivity contribution in [2.75, 3.05) is 0 Å². The average Bonchev–Trinajstić information content (AvgIpc) is 2.44. The van der Waals surface area contributed by atoms with Gasteiger partial charge in [-0.05, 0) is 39.8 Å². The van der Waals surface area contributed by atoms with Gasteiger partial charge < -0.3 is 15.2 Å². The second kappa shape index (κ2) is 6.73. The van der Waals surface area contributed by atoms with E-state index in [9.17, 15) is 19.5 Å². The van der Waals surface area contributed by atoms with Crippen LogP contribution in [0.5, 0.6) is 0 Å². The molecule has 0 radical (unpaired) electrons. The van der Waals surface area contributed by atoms with Crippen LogP contribution in [0.3, 0.4) is 0 Å². The third-order valence-electron chi connectivity index (χ3n) is 3.81. The van der Waals surface area contributed by atoms with Gasteiger partial charge in [-0.3, -0.25) is 9.59 Å². The number of carbonyl (C=O) groups excluding carboxylic acids is 3. The van der Waals surface area contributed by atoms with Crippen molar-refractivity contribution in [3.05, 3.63) is 35.4 Å². The fourth-order valence-electron chi connectivity index (χ4n) is 2.66. The zero-order valence-corrected chi connectivity index (χ0v) is 14.3. The van der Waals surface area contributed by atoms with Crippen molar-refractivity contribution in [2.24, 2.45) is 5.92 Å². The van der Waals surface area contributed by atoms with Gasteiger partial charge in [0.1, 0.15) is 5.60 Å². The first-order valence-corrected chi connectivity index (χ1v) is 7.93. The van der Waals surface area contributed by atoms with Crippen molar-refractivity contribution in [1.82, 2.24) is 5.32 Å². The number of aliphatic hydroxyl groups excluding tert-OH is 1. The van der Waals surface area contributed by atoms with E-state index in [1.807, 2.05) is 0 Å². The number of carbonyl (C=O) groups is 3. The maximum absolute atomic E-state index is 12.4. The molecule has 0 spiro atoms. The molecule has 0 aromatic heterocycles. The quantitative estimate of drug-likeness (QED) is 0.486. The van der Waals surface area contributed by atoms with Gasteiger partial charge in [-0.25, -0.2) is 4.79 Å². The summed E-state index contributed by atoms with van der Waals surface area (Å²) in [6.45, 7) is 6.85. The van der Waals surface area contributed by atoms with Gasteiger partial charge in [0.05, 0.1) is 23.6 Å². The van der Waals surface area contributed by atoms with E-state index in [1.54, 1.807) is 39.0 Å². The van der Waals surface area contributed by atoms with Crippen molar-refractivity contribution in [3.63, 3.8) is 0 Å². The van der Waals surface area contributed by atoms with Crippen molar-refractivity contribution >= 4 is 17.7 Å². The van der Waals surface area contributed by atoms with Crippen molar-refractivity contribution in [3.8, 4) is 0 Å². The number of hydrogen-bond donors (Lipinski definition) is 2. The van der Waals surface area contributed by atoms with Crippen LogP contribution in [0.4, 0.5) is 0 Å². The SMILES string of the molecule is CC(O)C1C(=O)NC1CC(=O)c1cccc(C(=O)OC(C)(C)C)c1. The van der Waals surface area contributed by atoms with Gasteiger partial charge >= 0.3 is 5.97 Å². The van der Waals surface area contributed by atoms with Gasteiger partial charge in [0, 0.05) is 12.0 Å². The van der Waals surface area contributed by atoms with E-state index in [1.165, 1.54) is 13.0 Å². The third-order valence-corrected chi connectivity index (χ3v) is 3.81. The van der Waals surface area contributed by atoms with Gasteiger partial charge in [-0.1, -0.05) is 12.1 Å². The lowest BCUT2D eigenvalue weighted by molar-refractivity contribution is -0.140. The highest BCUT2D eigenvalue weighted by molar-refractivity contribution is 6.00. The van der Waals surface area contributed by atoms with Crippen LogP contribution in [-0.4, -0.2) is 40.5 Å². The summed E-state index contributed by atoms with van der Waals surface area (Å²) in [7, 11) is 0. The van der Waals surface area contributed by atoms with E-state index in [0.717, 1.165) is 0 Å². The minimum absolute atomic E-state index is 0.0824. The van der Waals surface area contributed by atoms with Crippen LogP contribution in [0.1, 0.15) is 54.8 Å². The Balaban J connectivity index is 2.07. The summed E-state index contributed by atoms with van der Waals surface area (Å²) >= 11 is 0. The minimum atomic E-state index is -0.801. The number of ketones is 1. The molecule has 1 saturated heterocycles. The number of Topliss-reactive ketones (excluding diaryl/α,β-unsaturated/α-hetero) is 1. The molecule has 1 aromatic carbocycles. The summed E-state index contributed by atoms with van der Waals surface area (Å²) in [5, 5.41) is 12.2. The summed E-state index contributed by atoms with van der Waals surface area (Å²) < 4.78 is 5.29. The highest BCUT2D eigenvalue weighted by atomic mass is 16.6. The van der Waals surface area contributed by atoms with Gasteiger partial charge in [-0.2, -0.15) is 0 Å². The Bertz CT molecular complexity index is 660. The molecule has 6 nitrogen and oxygen atoms in total. The van der Waals surface area contributed by atoms with E-state index < -0.39 is 23.6 Å². The van der Waals surface area contributed by atoms with Crippen LogP contribution < -0.4 is 5.32 Å². The molecule has 1 heterocycles. The molecule has 1 aromatic rings. The number of aliphatic hydroxyl groups is 1. The van der Waals surface area contributed by atoms with Gasteiger partial charge in [0.2, 0.25) is 5.91 Å². The van der Waals surface area contributed by atoms with Crippen LogP contribution in [-0.2, 0) is 9.53 Å². The summed E-state index contributed by atoms with van der Waals surface area (Å²) in [5.41, 5.74) is 0.0713. The number of esters is 1. The fourth-order valence-corrected chi connectivity index (χ4v) is 2.66. The number of rotatable bonds is 5. The minimum Gasteiger partial charge on any atom is -0.456 e. The Hall–Kier alpha value is -2.21. The van der Waals surface area contributed by atoms with Crippen LogP contribution in [0, 0.1) is 5.92 Å². The maximum atomic E-state index is 12.4. The maximum Gasteiger partial charge on any atom is 0.338 e. The van der Waals surface area contributed by atoms with Crippen LogP contribution in [0.2, 0.25) is 0 Å². The zero-order chi connectivity index (χ0) is 18.1. The summed E-state index contributed by atoms with van der Waals surface area (Å²) in [6.07, 6.45) is -0.719.